The van der Waals surface area contributed by atoms with Crippen molar-refractivity contribution < 1.29 is 10.6 Å². The van der Waals surface area contributed by atoms with E-state index in [4.69, 9.17) is 0 Å². The normalized spacial score (nSPS) is 12.1. The van der Waals surface area contributed by atoms with Gasteiger partial charge >= 0.3 is 0 Å². The van der Waals surface area contributed by atoms with Crippen molar-refractivity contribution in [3.8, 4) is 5.75 Å². The molecule has 0 amide bonds. The molecule has 0 aliphatic carbocycles. The lowest BCUT2D eigenvalue weighted by atomic mass is 9.72. The van der Waals surface area contributed by atoms with Crippen molar-refractivity contribution in [2.24, 2.45) is 5.41 Å². The molecule has 0 saturated heterocycles. The van der Waals surface area contributed by atoms with Crippen molar-refractivity contribution in [3.05, 3.63) is 29.8 Å². The molecule has 0 saturated carbocycles. The summed E-state index contributed by atoms with van der Waals surface area (Å²) in [4.78, 5) is 0. The number of hydrogen-bond acceptors (Lipinski definition) is 1. The highest BCUT2D eigenvalue weighted by atomic mass is 16.3. The van der Waals surface area contributed by atoms with E-state index in [2.05, 4.69) is 34.6 Å². The molecular formula is C14H24O2. The van der Waals surface area contributed by atoms with Gasteiger partial charge in [-0.05, 0) is 34.9 Å². The third-order valence-electron chi connectivity index (χ3n) is 2.62. The summed E-state index contributed by atoms with van der Waals surface area (Å²) in [6, 6.07) is 7.56. The van der Waals surface area contributed by atoms with Crippen molar-refractivity contribution in [1.82, 2.24) is 0 Å². The predicted octanol–water partition coefficient (Wildman–Crippen LogP) is 3.28. The molecular weight excluding hydrogens is 200 g/mol. The Hall–Kier alpha value is -1.02. The van der Waals surface area contributed by atoms with E-state index in [9.17, 15) is 5.11 Å². The van der Waals surface area contributed by atoms with E-state index in [0.717, 1.165) is 6.42 Å². The van der Waals surface area contributed by atoms with E-state index in [-0.39, 0.29) is 10.9 Å². The summed E-state index contributed by atoms with van der Waals surface area (Å²) in [6.07, 6.45) is 1.13. The largest absolute Gasteiger partial charge is 0.508 e. The van der Waals surface area contributed by atoms with Gasteiger partial charge in [-0.2, -0.15) is 0 Å². The van der Waals surface area contributed by atoms with Crippen LogP contribution >= 0.6 is 0 Å². The van der Waals surface area contributed by atoms with Crippen LogP contribution in [0.3, 0.4) is 0 Å². The van der Waals surface area contributed by atoms with Crippen LogP contribution in [-0.2, 0) is 5.41 Å². The topological polar surface area (TPSA) is 51.7 Å². The number of hydrogen-bond donors (Lipinski definition) is 1. The average Bonchev–Trinajstić information content (AvgIpc) is 2.00. The Bertz CT molecular complexity index is 318. The SMILES string of the molecule is CC(C)(C)CC(C)(C)c1ccc(O)cc1.O. The molecule has 0 aromatic heterocycles. The Morgan fingerprint density at radius 2 is 1.38 bits per heavy atom. The second kappa shape index (κ2) is 4.88. The van der Waals surface area contributed by atoms with Gasteiger partial charge in [0.15, 0.2) is 0 Å². The third-order valence-corrected chi connectivity index (χ3v) is 2.62. The molecule has 0 radical (unpaired) electrons. The van der Waals surface area contributed by atoms with Gasteiger partial charge in [0.1, 0.15) is 5.75 Å². The Morgan fingerprint density at radius 1 is 0.938 bits per heavy atom. The van der Waals surface area contributed by atoms with Gasteiger partial charge in [0.05, 0.1) is 0 Å². The van der Waals surface area contributed by atoms with Crippen LogP contribution in [0.2, 0.25) is 0 Å². The second-order valence-electron chi connectivity index (χ2n) is 6.17. The molecule has 2 nitrogen and oxygen atoms in total. The smallest absolute Gasteiger partial charge is 0.115 e. The minimum absolute atomic E-state index is 0. The molecule has 1 aromatic rings. The van der Waals surface area contributed by atoms with Crippen molar-refractivity contribution in [3.63, 3.8) is 0 Å². The van der Waals surface area contributed by atoms with E-state index < -0.39 is 0 Å². The summed E-state index contributed by atoms with van der Waals surface area (Å²) in [5, 5.41) is 9.25. The van der Waals surface area contributed by atoms with Gasteiger partial charge in [0.2, 0.25) is 0 Å². The lowest BCUT2D eigenvalue weighted by Crippen LogP contribution is -2.24. The molecule has 1 aromatic carbocycles. The molecule has 0 fully saturated rings. The summed E-state index contributed by atoms with van der Waals surface area (Å²) in [5.74, 6) is 0.338. The summed E-state index contributed by atoms with van der Waals surface area (Å²) in [7, 11) is 0. The number of aromatic hydroxyl groups is 1. The van der Waals surface area contributed by atoms with E-state index >= 15 is 0 Å². The van der Waals surface area contributed by atoms with Gasteiger partial charge < -0.3 is 10.6 Å². The highest BCUT2D eigenvalue weighted by Crippen LogP contribution is 2.36. The fourth-order valence-electron chi connectivity index (χ4n) is 2.34. The van der Waals surface area contributed by atoms with Crippen LogP contribution in [0.1, 0.15) is 46.6 Å². The Kier molecular flexibility index (Phi) is 4.56. The molecule has 3 N–H and O–H groups in total. The van der Waals surface area contributed by atoms with Crippen LogP contribution in [0, 0.1) is 5.41 Å². The van der Waals surface area contributed by atoms with Gasteiger partial charge in [-0.25, -0.2) is 0 Å². The Balaban J connectivity index is 0.00000225. The molecule has 92 valence electrons. The number of rotatable bonds is 2. The van der Waals surface area contributed by atoms with Crippen molar-refractivity contribution in [2.75, 3.05) is 0 Å². The maximum absolute atomic E-state index is 9.25. The van der Waals surface area contributed by atoms with Gasteiger partial charge in [-0.15, -0.1) is 0 Å². The molecule has 0 bridgehead atoms. The second-order valence-corrected chi connectivity index (χ2v) is 6.17. The molecule has 0 heterocycles. The zero-order valence-corrected chi connectivity index (χ0v) is 11.0. The van der Waals surface area contributed by atoms with Crippen molar-refractivity contribution in [1.29, 1.82) is 0 Å². The van der Waals surface area contributed by atoms with Crippen LogP contribution in [-0.4, -0.2) is 10.6 Å². The van der Waals surface area contributed by atoms with Crippen molar-refractivity contribution >= 4 is 0 Å². The summed E-state index contributed by atoms with van der Waals surface area (Å²) < 4.78 is 0. The van der Waals surface area contributed by atoms with Crippen LogP contribution in [0.25, 0.3) is 0 Å². The van der Waals surface area contributed by atoms with Crippen LogP contribution in [0.15, 0.2) is 24.3 Å². The standard InChI is InChI=1S/C14H22O.H2O/c1-13(2,3)10-14(4,5)11-6-8-12(15)9-7-11;/h6-9,15H,10H2,1-5H3;1H2. The highest BCUT2D eigenvalue weighted by molar-refractivity contribution is 5.30. The first-order valence-electron chi connectivity index (χ1n) is 5.50. The zero-order chi connectivity index (χ0) is 11.7. The molecule has 0 spiro atoms. The highest BCUT2D eigenvalue weighted by Gasteiger charge is 2.26. The third kappa shape index (κ3) is 4.23. The molecule has 16 heavy (non-hydrogen) atoms. The lowest BCUT2D eigenvalue weighted by Gasteiger charge is -2.33. The molecule has 0 aliphatic rings. The Morgan fingerprint density at radius 3 is 1.75 bits per heavy atom. The van der Waals surface area contributed by atoms with E-state index in [1.54, 1.807) is 12.1 Å². The molecule has 0 atom stereocenters. The van der Waals surface area contributed by atoms with Gasteiger partial charge in [0.25, 0.3) is 0 Å². The average molecular weight is 224 g/mol. The first-order valence-corrected chi connectivity index (χ1v) is 5.50. The predicted molar refractivity (Wildman–Crippen MR) is 68.8 cm³/mol. The maximum Gasteiger partial charge on any atom is 0.115 e. The van der Waals surface area contributed by atoms with Crippen LogP contribution < -0.4 is 0 Å². The van der Waals surface area contributed by atoms with E-state index in [1.807, 2.05) is 12.1 Å². The van der Waals surface area contributed by atoms with Gasteiger partial charge in [0, 0.05) is 0 Å². The van der Waals surface area contributed by atoms with E-state index in [0.29, 0.717) is 11.2 Å². The first kappa shape index (κ1) is 15.0. The zero-order valence-electron chi connectivity index (χ0n) is 11.0. The quantitative estimate of drug-likeness (QED) is 0.823. The first-order chi connectivity index (χ1) is 6.71. The summed E-state index contributed by atoms with van der Waals surface area (Å²) >= 11 is 0. The fraction of sp³-hybridized carbons (Fsp3) is 0.571. The minimum Gasteiger partial charge on any atom is -0.508 e. The maximum atomic E-state index is 9.25. The monoisotopic (exact) mass is 224 g/mol. The summed E-state index contributed by atoms with van der Waals surface area (Å²) in [5.41, 5.74) is 1.77. The van der Waals surface area contributed by atoms with Gasteiger partial charge in [-0.3, -0.25) is 0 Å². The van der Waals surface area contributed by atoms with Crippen molar-refractivity contribution in [2.45, 2.75) is 46.5 Å². The molecule has 2 heteroatoms. The van der Waals surface area contributed by atoms with E-state index in [1.165, 1.54) is 5.56 Å². The number of phenolic OH excluding ortho intramolecular Hbond substituents is 1. The molecule has 0 unspecified atom stereocenters. The lowest BCUT2D eigenvalue weighted by molar-refractivity contribution is 0.284. The molecule has 1 rings (SSSR count). The van der Waals surface area contributed by atoms with Crippen LogP contribution in [0.4, 0.5) is 0 Å². The summed E-state index contributed by atoms with van der Waals surface area (Å²) in [6.45, 7) is 11.3. The number of phenols is 1. The number of benzene rings is 1. The van der Waals surface area contributed by atoms with Gasteiger partial charge in [-0.1, -0.05) is 46.8 Å². The minimum atomic E-state index is 0. The Labute approximate surface area is 98.6 Å². The fourth-order valence-corrected chi connectivity index (χ4v) is 2.34. The molecule has 0 aliphatic heterocycles. The van der Waals surface area contributed by atoms with Crippen LogP contribution in [0.5, 0.6) is 5.75 Å².